The monoisotopic (exact) mass is 227 g/mol. The van der Waals surface area contributed by atoms with Gasteiger partial charge in [-0.2, -0.15) is 19.0 Å². The van der Waals surface area contributed by atoms with Gasteiger partial charge in [-0.05, 0) is 13.8 Å². The fourth-order valence-corrected chi connectivity index (χ4v) is 0.713. The Morgan fingerprint density at radius 2 is 1.79 bits per heavy atom. The van der Waals surface area contributed by atoms with Crippen LogP contribution in [0.2, 0.25) is 0 Å². The molecule has 0 saturated heterocycles. The molecule has 0 radical (unpaired) electrons. The van der Waals surface area contributed by atoms with Crippen molar-refractivity contribution in [2.24, 2.45) is 4.99 Å². The molecule has 0 saturated carbocycles. The lowest BCUT2D eigenvalue weighted by Gasteiger charge is -2.13. The van der Waals surface area contributed by atoms with Gasteiger partial charge in [-0.25, -0.2) is 0 Å². The molecular formula is C6H10ClNO6. The second-order valence-corrected chi connectivity index (χ2v) is 3.74. The van der Waals surface area contributed by atoms with E-state index in [-0.39, 0.29) is 5.91 Å². The van der Waals surface area contributed by atoms with E-state index < -0.39 is 15.8 Å². The number of halogens is 1. The molecule has 1 aliphatic rings. The summed E-state index contributed by atoms with van der Waals surface area (Å²) in [6.07, 6.45) is 0. The molecule has 1 heterocycles. The molecule has 0 bridgehead atoms. The molecule has 0 atom stereocenters. The predicted molar refractivity (Wildman–Crippen MR) is 35.5 cm³/mol. The van der Waals surface area contributed by atoms with Crippen molar-refractivity contribution in [3.63, 3.8) is 0 Å². The van der Waals surface area contributed by atoms with Gasteiger partial charge in [0, 0.05) is 6.92 Å². The topological polar surface area (TPSA) is 128 Å². The molecule has 1 N–H and O–H groups in total. The normalized spacial score (nSPS) is 19.4. The summed E-state index contributed by atoms with van der Waals surface area (Å²) in [5.74, 6) is 0.269. The molecule has 82 valence electrons. The average Bonchev–Trinajstić information content (AvgIpc) is 1.99. The molecular weight excluding hydrogens is 218 g/mol. The Morgan fingerprint density at radius 1 is 1.43 bits per heavy atom. The van der Waals surface area contributed by atoms with Crippen molar-refractivity contribution < 1.29 is 38.4 Å². The molecule has 7 nitrogen and oxygen atoms in total. The lowest BCUT2D eigenvalue weighted by Crippen LogP contribution is -2.58. The van der Waals surface area contributed by atoms with Crippen LogP contribution in [0.3, 0.4) is 0 Å². The lowest BCUT2D eigenvalue weighted by molar-refractivity contribution is -1.92. The van der Waals surface area contributed by atoms with Crippen LogP contribution >= 0.6 is 0 Å². The van der Waals surface area contributed by atoms with E-state index in [1.54, 1.807) is 20.8 Å². The Morgan fingerprint density at radius 3 is 1.86 bits per heavy atom. The van der Waals surface area contributed by atoms with Crippen LogP contribution in [0.25, 0.3) is 0 Å². The Kier molecular flexibility index (Phi) is 3.98. The quantitative estimate of drug-likeness (QED) is 0.460. The third kappa shape index (κ3) is 5.84. The third-order valence-corrected chi connectivity index (χ3v) is 1.18. The minimum Gasteiger partial charge on any atom is -0.465 e. The van der Waals surface area contributed by atoms with Gasteiger partial charge in [0.2, 0.25) is 0 Å². The first kappa shape index (κ1) is 13.3. The van der Waals surface area contributed by atoms with Gasteiger partial charge < -0.3 is 4.74 Å². The first-order chi connectivity index (χ1) is 6.02. The van der Waals surface area contributed by atoms with E-state index in [2.05, 4.69) is 4.99 Å². The van der Waals surface area contributed by atoms with Gasteiger partial charge in [0.1, 0.15) is 0 Å². The van der Waals surface area contributed by atoms with Crippen LogP contribution in [0.15, 0.2) is 4.99 Å². The van der Waals surface area contributed by atoms with Gasteiger partial charge in [0.15, 0.2) is 11.5 Å². The maximum absolute atomic E-state index is 10.8. The van der Waals surface area contributed by atoms with Crippen LogP contribution in [-0.4, -0.2) is 22.1 Å². The van der Waals surface area contributed by atoms with Crippen molar-refractivity contribution in [1.82, 2.24) is 0 Å². The Labute approximate surface area is 82.4 Å². The summed E-state index contributed by atoms with van der Waals surface area (Å²) in [7, 11) is -4.69. The standard InChI is InChI=1S/C6H9NO2.ClHO4/c1-4-7-5(8)6(2,3)9-4;2-1(3,4)5/h1-3H3;(H,2,3,4,5). The fraction of sp³-hybridized carbons (Fsp3) is 0.667. The SMILES string of the molecule is CC1=NC(=O)C(C)(C)O1.[O-][Cl+3]([O-])([O-])O. The first-order valence-electron chi connectivity index (χ1n) is 3.44. The molecule has 0 aromatic heterocycles. The maximum atomic E-state index is 10.8. The van der Waals surface area contributed by atoms with Crippen LogP contribution in [-0.2, 0) is 9.53 Å². The zero-order valence-corrected chi connectivity index (χ0v) is 8.57. The van der Waals surface area contributed by atoms with Gasteiger partial charge in [0.25, 0.3) is 5.91 Å². The maximum Gasteiger partial charge on any atom is 0.292 e. The number of hydrogen-bond donors (Lipinski definition) is 1. The molecule has 0 aliphatic carbocycles. The van der Waals surface area contributed by atoms with Crippen LogP contribution in [0.4, 0.5) is 0 Å². The Bertz CT molecular complexity index is 250. The summed E-state index contributed by atoms with van der Waals surface area (Å²) in [5.41, 5.74) is -0.718. The molecule has 1 aliphatic heterocycles. The largest absolute Gasteiger partial charge is 0.465 e. The zero-order chi connectivity index (χ0) is 11.6. The number of amides is 1. The number of carbonyl (C=O) groups excluding carboxylic acids is 1. The minimum absolute atomic E-state index is 0.194. The summed E-state index contributed by atoms with van der Waals surface area (Å²) in [4.78, 5) is 14.4. The molecule has 1 rings (SSSR count). The molecule has 1 amide bonds. The first-order valence-corrected chi connectivity index (χ1v) is 4.71. The van der Waals surface area contributed by atoms with E-state index in [1.807, 2.05) is 0 Å². The van der Waals surface area contributed by atoms with E-state index in [0.717, 1.165) is 0 Å². The van der Waals surface area contributed by atoms with Crippen molar-refractivity contribution in [2.45, 2.75) is 26.4 Å². The molecule has 0 aromatic carbocycles. The highest BCUT2D eigenvalue weighted by Crippen LogP contribution is 2.17. The van der Waals surface area contributed by atoms with Gasteiger partial charge in [0.05, 0.1) is 14.9 Å². The van der Waals surface area contributed by atoms with Gasteiger partial charge in [-0.1, -0.05) is 0 Å². The van der Waals surface area contributed by atoms with E-state index in [4.69, 9.17) is 23.4 Å². The van der Waals surface area contributed by atoms with Gasteiger partial charge in [-0.3, -0.25) is 4.79 Å². The number of hydrogen-bond acceptors (Lipinski definition) is 6. The van der Waals surface area contributed by atoms with Crippen LogP contribution < -0.4 is 14.0 Å². The van der Waals surface area contributed by atoms with E-state index in [0.29, 0.717) is 5.90 Å². The lowest BCUT2D eigenvalue weighted by atomic mass is 10.1. The van der Waals surface area contributed by atoms with Crippen LogP contribution in [0, 0.1) is 10.2 Å². The van der Waals surface area contributed by atoms with Crippen molar-refractivity contribution in [2.75, 3.05) is 0 Å². The summed E-state index contributed by atoms with van der Waals surface area (Å²) < 4.78 is 37.8. The predicted octanol–water partition coefficient (Wildman–Crippen LogP) is -3.38. The number of nitrogens with zero attached hydrogens (tertiary/aromatic N) is 1. The second kappa shape index (κ2) is 4.20. The third-order valence-electron chi connectivity index (χ3n) is 1.18. The van der Waals surface area contributed by atoms with E-state index in [9.17, 15) is 4.79 Å². The highest BCUT2D eigenvalue weighted by molar-refractivity contribution is 6.00. The smallest absolute Gasteiger partial charge is 0.292 e. The number of carbonyl (C=O) groups is 1. The summed E-state index contributed by atoms with van der Waals surface area (Å²) >= 11 is 0. The van der Waals surface area contributed by atoms with Crippen molar-refractivity contribution >= 4 is 11.8 Å². The fourth-order valence-electron chi connectivity index (χ4n) is 0.713. The minimum atomic E-state index is -4.69. The van der Waals surface area contributed by atoms with E-state index >= 15 is 0 Å². The Balaban J connectivity index is 0.000000292. The van der Waals surface area contributed by atoms with Gasteiger partial charge in [-0.15, -0.1) is 0 Å². The van der Waals surface area contributed by atoms with Crippen LogP contribution in [0.1, 0.15) is 20.8 Å². The highest BCUT2D eigenvalue weighted by Gasteiger charge is 2.35. The molecule has 0 aromatic rings. The summed E-state index contributed by atoms with van der Waals surface area (Å²) in [5, 5.41) is 0. The summed E-state index contributed by atoms with van der Waals surface area (Å²) in [6, 6.07) is 0. The van der Waals surface area contributed by atoms with Crippen molar-refractivity contribution in [1.29, 1.82) is 0 Å². The van der Waals surface area contributed by atoms with Crippen LogP contribution in [0.5, 0.6) is 0 Å². The van der Waals surface area contributed by atoms with Crippen molar-refractivity contribution in [3.05, 3.63) is 0 Å². The molecule has 0 spiro atoms. The van der Waals surface area contributed by atoms with E-state index in [1.165, 1.54) is 0 Å². The summed E-state index contributed by atoms with van der Waals surface area (Å²) in [6.45, 7) is 5.08. The second-order valence-electron chi connectivity index (χ2n) is 2.94. The number of rotatable bonds is 0. The zero-order valence-electron chi connectivity index (χ0n) is 7.81. The molecule has 0 fully saturated rings. The Hall–Kier alpha value is -0.730. The average molecular weight is 228 g/mol. The number of ether oxygens (including phenoxy) is 1. The molecule has 14 heavy (non-hydrogen) atoms. The molecule has 0 unspecified atom stereocenters. The van der Waals surface area contributed by atoms with Crippen molar-refractivity contribution in [3.8, 4) is 0 Å². The highest BCUT2D eigenvalue weighted by atomic mass is 35.7. The van der Waals surface area contributed by atoms with Gasteiger partial charge >= 0.3 is 0 Å². The molecule has 8 heteroatoms. The number of aliphatic imine (C=N–C) groups is 1.